The maximum Gasteiger partial charge on any atom is 0.222 e. The maximum atomic E-state index is 4.81. The number of benzene rings is 4. The zero-order chi connectivity index (χ0) is 33.8. The molecular weight excluding hydrogens is 617 g/mol. The second-order valence-electron chi connectivity index (χ2n) is 13.5. The van der Waals surface area contributed by atoms with Gasteiger partial charge in [0.1, 0.15) is 0 Å². The number of hydrogen-bond donors (Lipinski definition) is 2. The van der Waals surface area contributed by atoms with Gasteiger partial charge in [0.2, 0.25) is 11.9 Å². The van der Waals surface area contributed by atoms with Crippen LogP contribution in [0.2, 0.25) is 0 Å². The molecule has 8 nitrogen and oxygen atoms in total. The molecule has 2 saturated carbocycles. The summed E-state index contributed by atoms with van der Waals surface area (Å²) in [5.74, 6) is 3.34. The first-order chi connectivity index (χ1) is 24.8. The minimum absolute atomic E-state index is 0.510. The second kappa shape index (κ2) is 16.9. The monoisotopic (exact) mass is 664 g/mol. The van der Waals surface area contributed by atoms with Crippen molar-refractivity contribution in [1.29, 1.82) is 0 Å². The van der Waals surface area contributed by atoms with Crippen LogP contribution >= 0.6 is 0 Å². The summed E-state index contributed by atoms with van der Waals surface area (Å²) in [5, 5.41) is 16.9. The van der Waals surface area contributed by atoms with E-state index >= 15 is 0 Å². The molecule has 0 bridgehead atoms. The number of aromatic nitrogens is 6. The van der Waals surface area contributed by atoms with Crippen LogP contribution in [0.1, 0.15) is 75.3 Å². The molecule has 0 atom stereocenters. The molecule has 0 unspecified atom stereocenters. The molecule has 0 amide bonds. The Bertz CT molecular complexity index is 1720. The first-order valence-corrected chi connectivity index (χ1v) is 18.4. The molecule has 256 valence electrons. The van der Waals surface area contributed by atoms with Crippen LogP contribution in [0.25, 0.3) is 22.8 Å². The molecule has 2 aliphatic carbocycles. The summed E-state index contributed by atoms with van der Waals surface area (Å²) in [7, 11) is 0. The molecule has 0 radical (unpaired) electrons. The zero-order valence-corrected chi connectivity index (χ0v) is 28.9. The van der Waals surface area contributed by atoms with Gasteiger partial charge in [-0.05, 0) is 36.8 Å². The molecule has 0 spiro atoms. The van der Waals surface area contributed by atoms with Crippen molar-refractivity contribution in [2.24, 2.45) is 0 Å². The Labute approximate surface area is 296 Å². The molecule has 2 aromatic heterocycles. The van der Waals surface area contributed by atoms with E-state index in [9.17, 15) is 0 Å². The highest BCUT2D eigenvalue weighted by atomic mass is 15.4. The van der Waals surface area contributed by atoms with Gasteiger partial charge in [-0.1, -0.05) is 160 Å². The normalized spacial score (nSPS) is 15.2. The van der Waals surface area contributed by atoms with Crippen LogP contribution in [0.5, 0.6) is 0 Å². The van der Waals surface area contributed by atoms with E-state index < -0.39 is 0 Å². The first-order valence-electron chi connectivity index (χ1n) is 18.4. The quantitative estimate of drug-likeness (QED) is 0.152. The van der Waals surface area contributed by atoms with Gasteiger partial charge in [-0.2, -0.15) is 9.97 Å². The highest BCUT2D eigenvalue weighted by Gasteiger charge is 2.20. The lowest BCUT2D eigenvalue weighted by Gasteiger charge is -2.23. The van der Waals surface area contributed by atoms with E-state index in [-0.39, 0.29) is 0 Å². The van der Waals surface area contributed by atoms with Crippen LogP contribution in [0.15, 0.2) is 121 Å². The molecule has 2 fully saturated rings. The summed E-state index contributed by atoms with van der Waals surface area (Å²) in [5.41, 5.74) is 4.58. The molecule has 2 heterocycles. The lowest BCUT2D eigenvalue weighted by molar-refractivity contribution is 0.458. The fourth-order valence-corrected chi connectivity index (χ4v) is 6.91. The van der Waals surface area contributed by atoms with Crippen LogP contribution in [0, 0.1) is 0 Å². The molecule has 2 aliphatic rings. The number of rotatable bonds is 10. The van der Waals surface area contributed by atoms with Gasteiger partial charge < -0.3 is 10.6 Å². The third kappa shape index (κ3) is 9.05. The summed E-state index contributed by atoms with van der Waals surface area (Å²) in [6, 6.07) is 42.3. The van der Waals surface area contributed by atoms with Gasteiger partial charge in [0.25, 0.3) is 0 Å². The standard InChI is InChI=1S/2C21H24N4/c2*1-4-10-17(11-5-1)16-25-21(22-19-14-8-3-9-15-19)23-20(24-25)18-12-6-2-7-13-18/h2*1-2,4-7,10-13,19H,3,8-9,14-16H2,(H,22,23,24). The van der Waals surface area contributed by atoms with E-state index in [2.05, 4.69) is 83.4 Å². The Morgan fingerprint density at radius 1 is 0.440 bits per heavy atom. The van der Waals surface area contributed by atoms with Gasteiger partial charge in [-0.15, -0.1) is 10.2 Å². The van der Waals surface area contributed by atoms with Crippen LogP contribution < -0.4 is 10.6 Å². The summed E-state index contributed by atoms with van der Waals surface area (Å²) in [6.45, 7) is 1.46. The molecule has 4 aromatic carbocycles. The minimum Gasteiger partial charge on any atom is -0.352 e. The average molecular weight is 665 g/mol. The van der Waals surface area contributed by atoms with Gasteiger partial charge in [0.15, 0.2) is 11.6 Å². The van der Waals surface area contributed by atoms with Gasteiger partial charge in [-0.25, -0.2) is 9.36 Å². The SMILES string of the molecule is c1ccc(Cn2nc(-c3ccccc3)nc2NC2CCCCC2)cc1.c1ccc(Cn2nc(-c3ccccc3)nc2NC2CCCCC2)cc1. The zero-order valence-electron chi connectivity index (χ0n) is 28.9. The van der Waals surface area contributed by atoms with Crippen molar-refractivity contribution in [3.05, 3.63) is 132 Å². The molecular formula is C42H48N8. The largest absolute Gasteiger partial charge is 0.352 e. The number of hydrogen-bond acceptors (Lipinski definition) is 6. The van der Waals surface area contributed by atoms with Crippen LogP contribution in [-0.4, -0.2) is 41.6 Å². The molecule has 0 aliphatic heterocycles. The van der Waals surface area contributed by atoms with E-state index in [0.717, 1.165) is 47.8 Å². The lowest BCUT2D eigenvalue weighted by atomic mass is 9.96. The Kier molecular flexibility index (Phi) is 11.3. The lowest BCUT2D eigenvalue weighted by Crippen LogP contribution is -2.24. The predicted octanol–water partition coefficient (Wildman–Crippen LogP) is 9.48. The Balaban J connectivity index is 0.000000157. The average Bonchev–Trinajstić information content (AvgIpc) is 3.77. The van der Waals surface area contributed by atoms with Gasteiger partial charge in [0.05, 0.1) is 13.1 Å². The fourth-order valence-electron chi connectivity index (χ4n) is 6.91. The van der Waals surface area contributed by atoms with E-state index in [4.69, 9.17) is 20.2 Å². The Morgan fingerprint density at radius 2 is 0.780 bits per heavy atom. The molecule has 50 heavy (non-hydrogen) atoms. The first kappa shape index (κ1) is 33.3. The Morgan fingerprint density at radius 3 is 1.14 bits per heavy atom. The summed E-state index contributed by atoms with van der Waals surface area (Å²) < 4.78 is 4.01. The van der Waals surface area contributed by atoms with Crippen molar-refractivity contribution >= 4 is 11.9 Å². The van der Waals surface area contributed by atoms with Crippen molar-refractivity contribution in [3.8, 4) is 22.8 Å². The maximum absolute atomic E-state index is 4.81. The molecule has 0 saturated heterocycles. The summed E-state index contributed by atoms with van der Waals surface area (Å²) in [4.78, 5) is 9.62. The topological polar surface area (TPSA) is 85.5 Å². The number of nitrogens with zero attached hydrogens (tertiary/aromatic N) is 6. The summed E-state index contributed by atoms with van der Waals surface area (Å²) in [6.07, 6.45) is 12.8. The van der Waals surface area contributed by atoms with Crippen molar-refractivity contribution in [3.63, 3.8) is 0 Å². The van der Waals surface area contributed by atoms with Crippen molar-refractivity contribution < 1.29 is 0 Å². The third-order valence-electron chi connectivity index (χ3n) is 9.63. The van der Waals surface area contributed by atoms with E-state index in [0.29, 0.717) is 12.1 Å². The highest BCUT2D eigenvalue weighted by Crippen LogP contribution is 2.25. The van der Waals surface area contributed by atoms with E-state index in [1.807, 2.05) is 57.9 Å². The number of anilines is 2. The smallest absolute Gasteiger partial charge is 0.222 e. The van der Waals surface area contributed by atoms with E-state index in [1.54, 1.807) is 0 Å². The molecule has 6 aromatic rings. The van der Waals surface area contributed by atoms with Crippen LogP contribution in [-0.2, 0) is 13.1 Å². The number of nitrogens with one attached hydrogen (secondary N) is 2. The minimum atomic E-state index is 0.510. The second-order valence-corrected chi connectivity index (χ2v) is 13.5. The van der Waals surface area contributed by atoms with Gasteiger partial charge >= 0.3 is 0 Å². The predicted molar refractivity (Wildman–Crippen MR) is 203 cm³/mol. The molecule has 8 heteroatoms. The van der Waals surface area contributed by atoms with Crippen molar-refractivity contribution in [1.82, 2.24) is 29.5 Å². The fraction of sp³-hybridized carbons (Fsp3) is 0.333. The third-order valence-corrected chi connectivity index (χ3v) is 9.63. The molecule has 2 N–H and O–H groups in total. The molecule has 8 rings (SSSR count). The van der Waals surface area contributed by atoms with Crippen LogP contribution in [0.4, 0.5) is 11.9 Å². The van der Waals surface area contributed by atoms with Crippen molar-refractivity contribution in [2.75, 3.05) is 10.6 Å². The van der Waals surface area contributed by atoms with Crippen LogP contribution in [0.3, 0.4) is 0 Å². The Hall–Kier alpha value is -5.24. The van der Waals surface area contributed by atoms with Crippen molar-refractivity contribution in [2.45, 2.75) is 89.4 Å². The van der Waals surface area contributed by atoms with Gasteiger partial charge in [-0.3, -0.25) is 0 Å². The van der Waals surface area contributed by atoms with E-state index in [1.165, 1.54) is 75.3 Å². The highest BCUT2D eigenvalue weighted by molar-refractivity contribution is 5.57. The van der Waals surface area contributed by atoms with Gasteiger partial charge in [0, 0.05) is 23.2 Å². The summed E-state index contributed by atoms with van der Waals surface area (Å²) >= 11 is 0.